The number of aliphatic carboxylic acids is 1. The van der Waals surface area contributed by atoms with Crippen LogP contribution in [0.15, 0.2) is 48.5 Å². The van der Waals surface area contributed by atoms with Gasteiger partial charge in [-0.15, -0.1) is 0 Å². The molecule has 0 saturated heterocycles. The molecule has 0 aliphatic carbocycles. The average molecular weight is 338 g/mol. The minimum absolute atomic E-state index is 0.0393. The summed E-state index contributed by atoms with van der Waals surface area (Å²) in [5.41, 5.74) is 2.18. The Morgan fingerprint density at radius 2 is 1.88 bits per heavy atom. The molecule has 0 unspecified atom stereocenters. The third-order valence-corrected chi connectivity index (χ3v) is 4.00. The number of ether oxygens (including phenoxy) is 1. The minimum Gasteiger partial charge on any atom is -0.481 e. The number of rotatable bonds is 5. The van der Waals surface area contributed by atoms with E-state index >= 15 is 0 Å². The number of carbonyl (C=O) groups excluding carboxylic acids is 1. The van der Waals surface area contributed by atoms with Crippen LogP contribution in [0.4, 0.5) is 4.79 Å². The van der Waals surface area contributed by atoms with Gasteiger partial charge in [0, 0.05) is 12.0 Å². The Morgan fingerprint density at radius 1 is 1.12 bits per heavy atom. The van der Waals surface area contributed by atoms with Crippen molar-refractivity contribution in [3.05, 3.63) is 54.2 Å². The van der Waals surface area contributed by atoms with E-state index < -0.39 is 12.1 Å². The van der Waals surface area contributed by atoms with Gasteiger partial charge < -0.3 is 9.84 Å². The lowest BCUT2D eigenvalue weighted by molar-refractivity contribution is -0.137. The Morgan fingerprint density at radius 3 is 2.60 bits per heavy atom. The van der Waals surface area contributed by atoms with Gasteiger partial charge in [-0.05, 0) is 35.7 Å². The molecule has 128 valence electrons. The van der Waals surface area contributed by atoms with Gasteiger partial charge in [0.05, 0.1) is 18.5 Å². The molecule has 0 saturated carbocycles. The van der Waals surface area contributed by atoms with Gasteiger partial charge >= 0.3 is 12.1 Å². The molecule has 0 aliphatic heterocycles. The number of methoxy groups -OCH3 is 1. The van der Waals surface area contributed by atoms with Gasteiger partial charge in [0.15, 0.2) is 0 Å². The predicted octanol–water partition coefficient (Wildman–Crippen LogP) is 3.73. The smallest absolute Gasteiger partial charge is 0.434 e. The highest BCUT2D eigenvalue weighted by molar-refractivity contribution is 5.87. The van der Waals surface area contributed by atoms with E-state index in [-0.39, 0.29) is 6.42 Å². The minimum atomic E-state index is -0.862. The molecule has 6 heteroatoms. The number of aromatic nitrogens is 2. The Kier molecular flexibility index (Phi) is 4.79. The standard InChI is InChI=1S/C19H18N2O4/c1-25-19(24)21-16(7-4-8-18(22)23)12-17(20-21)15-10-9-13-5-2-3-6-14(13)11-15/h2-3,5-6,9-12H,4,7-8H2,1H3,(H,22,23). The molecule has 0 fully saturated rings. The normalized spacial score (nSPS) is 10.8. The van der Waals surface area contributed by atoms with Crippen LogP contribution in [-0.4, -0.2) is 34.1 Å². The number of hydrogen-bond donors (Lipinski definition) is 1. The topological polar surface area (TPSA) is 81.4 Å². The van der Waals surface area contributed by atoms with Crippen molar-refractivity contribution in [1.29, 1.82) is 0 Å². The van der Waals surface area contributed by atoms with E-state index in [4.69, 9.17) is 9.84 Å². The largest absolute Gasteiger partial charge is 0.481 e. The van der Waals surface area contributed by atoms with Gasteiger partial charge in [0.25, 0.3) is 0 Å². The van der Waals surface area contributed by atoms with Gasteiger partial charge in [0.1, 0.15) is 0 Å². The molecule has 1 aromatic heterocycles. The summed E-state index contributed by atoms with van der Waals surface area (Å²) < 4.78 is 5.97. The Balaban J connectivity index is 1.95. The summed E-state index contributed by atoms with van der Waals surface area (Å²) >= 11 is 0. The van der Waals surface area contributed by atoms with Crippen LogP contribution in [0, 0.1) is 0 Å². The summed E-state index contributed by atoms with van der Waals surface area (Å²) in [5.74, 6) is -0.862. The van der Waals surface area contributed by atoms with Crippen molar-refractivity contribution >= 4 is 22.8 Å². The van der Waals surface area contributed by atoms with E-state index in [1.54, 1.807) is 0 Å². The van der Waals surface area contributed by atoms with Crippen LogP contribution in [0.2, 0.25) is 0 Å². The molecular formula is C19H18N2O4. The van der Waals surface area contributed by atoms with Crippen molar-refractivity contribution in [3.8, 4) is 11.3 Å². The van der Waals surface area contributed by atoms with E-state index in [1.165, 1.54) is 11.8 Å². The number of nitrogens with zero attached hydrogens (tertiary/aromatic N) is 2. The molecule has 6 nitrogen and oxygen atoms in total. The molecule has 25 heavy (non-hydrogen) atoms. The molecule has 2 aromatic carbocycles. The predicted molar refractivity (Wildman–Crippen MR) is 93.5 cm³/mol. The summed E-state index contributed by atoms with van der Waals surface area (Å²) in [6.07, 6.45) is 0.312. The number of carboxylic acids is 1. The van der Waals surface area contributed by atoms with Crippen LogP contribution in [0.3, 0.4) is 0 Å². The first-order valence-corrected chi connectivity index (χ1v) is 7.96. The maximum atomic E-state index is 12.0. The molecule has 1 heterocycles. The zero-order valence-corrected chi connectivity index (χ0v) is 13.8. The summed E-state index contributed by atoms with van der Waals surface area (Å²) in [6, 6.07) is 15.8. The highest BCUT2D eigenvalue weighted by Crippen LogP contribution is 2.25. The maximum Gasteiger partial charge on any atom is 0.434 e. The van der Waals surface area contributed by atoms with E-state index in [0.717, 1.165) is 16.3 Å². The van der Waals surface area contributed by atoms with Crippen molar-refractivity contribution < 1.29 is 19.4 Å². The van der Waals surface area contributed by atoms with E-state index in [9.17, 15) is 9.59 Å². The molecule has 1 N–H and O–H groups in total. The van der Waals surface area contributed by atoms with E-state index in [1.807, 2.05) is 48.5 Å². The van der Waals surface area contributed by atoms with Gasteiger partial charge in [-0.2, -0.15) is 9.78 Å². The highest BCUT2D eigenvalue weighted by Gasteiger charge is 2.16. The number of fused-ring (bicyclic) bond motifs is 1. The van der Waals surface area contributed by atoms with Crippen molar-refractivity contribution in [2.45, 2.75) is 19.3 Å². The summed E-state index contributed by atoms with van der Waals surface area (Å²) in [6.45, 7) is 0. The zero-order valence-electron chi connectivity index (χ0n) is 13.8. The van der Waals surface area contributed by atoms with Crippen LogP contribution in [0.1, 0.15) is 18.5 Å². The maximum absolute atomic E-state index is 12.0. The van der Waals surface area contributed by atoms with Gasteiger partial charge in [-0.1, -0.05) is 36.4 Å². The Labute approximate surface area is 144 Å². The fraction of sp³-hybridized carbons (Fsp3) is 0.211. The quantitative estimate of drug-likeness (QED) is 0.766. The molecule has 0 amide bonds. The Hall–Kier alpha value is -3.15. The Bertz CT molecular complexity index is 930. The molecular weight excluding hydrogens is 320 g/mol. The van der Waals surface area contributed by atoms with Crippen molar-refractivity contribution in [2.24, 2.45) is 0 Å². The third kappa shape index (κ3) is 3.68. The summed E-state index contributed by atoms with van der Waals surface area (Å²) in [4.78, 5) is 22.7. The molecule has 0 atom stereocenters. The molecule has 0 spiro atoms. The lowest BCUT2D eigenvalue weighted by atomic mass is 10.0. The van der Waals surface area contributed by atoms with Crippen molar-refractivity contribution in [1.82, 2.24) is 9.78 Å². The first-order valence-electron chi connectivity index (χ1n) is 7.96. The lowest BCUT2D eigenvalue weighted by Crippen LogP contribution is -2.16. The highest BCUT2D eigenvalue weighted by atomic mass is 16.5. The first-order chi connectivity index (χ1) is 12.1. The number of carbonyl (C=O) groups is 2. The third-order valence-electron chi connectivity index (χ3n) is 4.00. The lowest BCUT2D eigenvalue weighted by Gasteiger charge is -2.03. The molecule has 0 bridgehead atoms. The number of benzene rings is 2. The SMILES string of the molecule is COC(=O)n1nc(-c2ccc3ccccc3c2)cc1CCCC(=O)O. The van der Waals surface area contributed by atoms with Crippen LogP contribution in [0.5, 0.6) is 0 Å². The molecule has 0 aliphatic rings. The number of aryl methyl sites for hydroxylation is 1. The summed E-state index contributed by atoms with van der Waals surface area (Å²) in [7, 11) is 1.29. The van der Waals surface area contributed by atoms with Gasteiger partial charge in [-0.25, -0.2) is 4.79 Å². The van der Waals surface area contributed by atoms with Gasteiger partial charge in [-0.3, -0.25) is 4.79 Å². The van der Waals surface area contributed by atoms with Crippen LogP contribution in [0.25, 0.3) is 22.0 Å². The van der Waals surface area contributed by atoms with Crippen molar-refractivity contribution in [2.75, 3.05) is 7.11 Å². The second-order valence-electron chi connectivity index (χ2n) is 5.71. The zero-order chi connectivity index (χ0) is 17.8. The second-order valence-corrected chi connectivity index (χ2v) is 5.71. The monoisotopic (exact) mass is 338 g/mol. The van der Waals surface area contributed by atoms with Crippen LogP contribution >= 0.6 is 0 Å². The van der Waals surface area contributed by atoms with E-state index in [0.29, 0.717) is 24.2 Å². The molecule has 3 rings (SSSR count). The second kappa shape index (κ2) is 7.17. The van der Waals surface area contributed by atoms with Crippen molar-refractivity contribution in [3.63, 3.8) is 0 Å². The van der Waals surface area contributed by atoms with Crippen LogP contribution in [-0.2, 0) is 16.0 Å². The number of hydrogen-bond acceptors (Lipinski definition) is 4. The van der Waals surface area contributed by atoms with E-state index in [2.05, 4.69) is 5.10 Å². The first kappa shape index (κ1) is 16.7. The molecule has 3 aromatic rings. The fourth-order valence-corrected chi connectivity index (χ4v) is 2.75. The number of carboxylic acid groups (broad SMARTS) is 1. The summed E-state index contributed by atoms with van der Waals surface area (Å²) in [5, 5.41) is 15.3. The van der Waals surface area contributed by atoms with Gasteiger partial charge in [0.2, 0.25) is 0 Å². The average Bonchev–Trinajstić information content (AvgIpc) is 3.04. The van der Waals surface area contributed by atoms with Crippen LogP contribution < -0.4 is 0 Å². The molecule has 0 radical (unpaired) electrons. The fourth-order valence-electron chi connectivity index (χ4n) is 2.75.